The van der Waals surface area contributed by atoms with Crippen molar-refractivity contribution in [1.29, 1.82) is 0 Å². The van der Waals surface area contributed by atoms with Crippen molar-refractivity contribution in [2.45, 2.75) is 65.0 Å². The Labute approximate surface area is 168 Å². The summed E-state index contributed by atoms with van der Waals surface area (Å²) in [5.41, 5.74) is 1.39. The first-order valence-electron chi connectivity index (χ1n) is 9.96. The largest absolute Gasteiger partial charge is 0.393 e. The number of nitrogens with one attached hydrogen (secondary N) is 2. The highest BCUT2D eigenvalue weighted by Crippen LogP contribution is 2.35. The molecule has 152 valence electrons. The molecule has 3 rings (SSSR count). The van der Waals surface area contributed by atoms with Crippen molar-refractivity contribution in [3.05, 3.63) is 23.3 Å². The van der Waals surface area contributed by atoms with Crippen molar-refractivity contribution in [3.8, 4) is 0 Å². The van der Waals surface area contributed by atoms with Gasteiger partial charge in [-0.05, 0) is 75.9 Å². The number of aryl methyl sites for hydroxylation is 1. The van der Waals surface area contributed by atoms with E-state index in [1.54, 1.807) is 0 Å². The van der Waals surface area contributed by atoms with Gasteiger partial charge in [-0.25, -0.2) is 9.97 Å². The number of aliphatic hydroxyl groups excluding tert-OH is 1. The molecular weight excluding hydrogens is 364 g/mol. The van der Waals surface area contributed by atoms with Crippen LogP contribution in [0.2, 0.25) is 0 Å². The number of hydrogen-bond acceptors (Lipinski definition) is 5. The lowest BCUT2D eigenvalue weighted by Crippen LogP contribution is -2.53. The second-order valence-electron chi connectivity index (χ2n) is 8.36. The smallest absolute Gasteiger partial charge is 0.270 e. The van der Waals surface area contributed by atoms with E-state index in [1.807, 2.05) is 13.0 Å². The van der Waals surface area contributed by atoms with E-state index in [-0.39, 0.29) is 30.5 Å². The summed E-state index contributed by atoms with van der Waals surface area (Å²) in [6, 6.07) is 1.95. The molecule has 2 aliphatic rings. The summed E-state index contributed by atoms with van der Waals surface area (Å²) >= 11 is 0. The summed E-state index contributed by atoms with van der Waals surface area (Å²) in [7, 11) is 0. The van der Waals surface area contributed by atoms with Crippen molar-refractivity contribution in [2.24, 2.45) is 17.8 Å². The fraction of sp³-hybridized carbons (Fsp3) is 0.750. The van der Waals surface area contributed by atoms with E-state index in [4.69, 9.17) is 0 Å². The number of rotatable bonds is 6. The van der Waals surface area contributed by atoms with Gasteiger partial charge >= 0.3 is 0 Å². The molecule has 3 N–H and O–H groups in total. The Morgan fingerprint density at radius 1 is 1.26 bits per heavy atom. The Balaban J connectivity index is 0.00000261. The van der Waals surface area contributed by atoms with Gasteiger partial charge in [-0.2, -0.15) is 0 Å². The number of aromatic nitrogens is 2. The summed E-state index contributed by atoms with van der Waals surface area (Å²) in [5, 5.41) is 16.4. The molecule has 27 heavy (non-hydrogen) atoms. The number of amides is 1. The molecule has 1 unspecified atom stereocenters. The maximum atomic E-state index is 12.9. The molecule has 2 heterocycles. The van der Waals surface area contributed by atoms with E-state index in [0.717, 1.165) is 50.9 Å². The maximum absolute atomic E-state index is 12.9. The Morgan fingerprint density at radius 2 is 1.93 bits per heavy atom. The molecule has 0 radical (unpaired) electrons. The number of carbonyl (C=O) groups excluding carboxylic acids is 1. The lowest BCUT2D eigenvalue weighted by Gasteiger charge is -2.43. The van der Waals surface area contributed by atoms with Crippen LogP contribution in [-0.2, 0) is 6.42 Å². The van der Waals surface area contributed by atoms with Gasteiger partial charge < -0.3 is 15.7 Å². The molecule has 0 bridgehead atoms. The van der Waals surface area contributed by atoms with Gasteiger partial charge in [-0.3, -0.25) is 4.79 Å². The van der Waals surface area contributed by atoms with Gasteiger partial charge in [0.15, 0.2) is 0 Å². The predicted molar refractivity (Wildman–Crippen MR) is 108 cm³/mol. The molecule has 0 aromatic carbocycles. The lowest BCUT2D eigenvalue weighted by molar-refractivity contribution is 0.00913. The number of nitrogens with zero attached hydrogens (tertiary/aromatic N) is 2. The summed E-state index contributed by atoms with van der Waals surface area (Å²) in [6.45, 7) is 8.13. The van der Waals surface area contributed by atoms with E-state index in [1.165, 1.54) is 0 Å². The van der Waals surface area contributed by atoms with E-state index < -0.39 is 0 Å². The zero-order valence-electron chi connectivity index (χ0n) is 16.6. The third-order valence-corrected chi connectivity index (χ3v) is 5.59. The number of halogens is 1. The first kappa shape index (κ1) is 22.1. The third-order valence-electron chi connectivity index (χ3n) is 5.59. The molecule has 1 aliphatic carbocycles. The van der Waals surface area contributed by atoms with Crippen LogP contribution in [0, 0.1) is 24.7 Å². The quantitative estimate of drug-likeness (QED) is 0.686. The molecule has 0 spiro atoms. The molecule has 7 heteroatoms. The molecule has 1 atom stereocenters. The standard InChI is InChI=1S/C20H32N4O2.ClH/c1-12(2)8-16-11-18(23-13(3)22-16)20(26)24-19(15-9-17(25)10-15)14-4-6-21-7-5-14;/h11-12,14-15,17,19,21,25H,4-10H2,1-3H3,(H,24,26);1H. The lowest BCUT2D eigenvalue weighted by atomic mass is 9.71. The van der Waals surface area contributed by atoms with Crippen molar-refractivity contribution >= 4 is 18.3 Å². The van der Waals surface area contributed by atoms with Crippen molar-refractivity contribution in [1.82, 2.24) is 20.6 Å². The zero-order chi connectivity index (χ0) is 18.7. The molecule has 6 nitrogen and oxygen atoms in total. The van der Waals surface area contributed by atoms with Gasteiger partial charge in [0, 0.05) is 11.7 Å². The Bertz CT molecular complexity index is 628. The minimum absolute atomic E-state index is 0. The first-order valence-corrected chi connectivity index (χ1v) is 9.96. The molecule has 1 saturated carbocycles. The molecule has 1 saturated heterocycles. The zero-order valence-corrected chi connectivity index (χ0v) is 17.4. The summed E-state index contributed by atoms with van der Waals surface area (Å²) in [5.74, 6) is 1.86. The van der Waals surface area contributed by atoms with Crippen LogP contribution in [0.5, 0.6) is 0 Å². The van der Waals surface area contributed by atoms with Crippen LogP contribution in [0.15, 0.2) is 6.07 Å². The highest BCUT2D eigenvalue weighted by atomic mass is 35.5. The van der Waals surface area contributed by atoms with Crippen LogP contribution < -0.4 is 10.6 Å². The van der Waals surface area contributed by atoms with E-state index >= 15 is 0 Å². The molecule has 2 fully saturated rings. The summed E-state index contributed by atoms with van der Waals surface area (Å²) in [6.07, 6.45) is 4.35. The van der Waals surface area contributed by atoms with Gasteiger partial charge in [-0.15, -0.1) is 12.4 Å². The Morgan fingerprint density at radius 3 is 2.52 bits per heavy atom. The average molecular weight is 397 g/mol. The minimum Gasteiger partial charge on any atom is -0.393 e. The highest BCUT2D eigenvalue weighted by molar-refractivity contribution is 5.92. The molecule has 1 amide bonds. The Hall–Kier alpha value is -1.24. The average Bonchev–Trinajstić information content (AvgIpc) is 2.56. The normalized spacial score (nSPS) is 24.0. The van der Waals surface area contributed by atoms with Gasteiger partial charge in [-0.1, -0.05) is 13.8 Å². The Kier molecular flexibility index (Phi) is 8.01. The van der Waals surface area contributed by atoms with Gasteiger partial charge in [0.25, 0.3) is 5.91 Å². The SMILES string of the molecule is Cc1nc(CC(C)C)cc(C(=O)NC(C2CCNCC2)C2CC(O)C2)n1.Cl. The fourth-order valence-corrected chi connectivity index (χ4v) is 4.24. The topological polar surface area (TPSA) is 87.1 Å². The van der Waals surface area contributed by atoms with Crippen LogP contribution in [0.3, 0.4) is 0 Å². The molecule has 1 aromatic rings. The van der Waals surface area contributed by atoms with Crippen LogP contribution in [-0.4, -0.2) is 46.2 Å². The molecule has 1 aromatic heterocycles. The monoisotopic (exact) mass is 396 g/mol. The second-order valence-corrected chi connectivity index (χ2v) is 8.36. The van der Waals surface area contributed by atoms with Gasteiger partial charge in [0.2, 0.25) is 0 Å². The van der Waals surface area contributed by atoms with Crippen molar-refractivity contribution < 1.29 is 9.90 Å². The maximum Gasteiger partial charge on any atom is 0.270 e. The number of carbonyl (C=O) groups is 1. The van der Waals surface area contributed by atoms with Crippen LogP contribution in [0.25, 0.3) is 0 Å². The highest BCUT2D eigenvalue weighted by Gasteiger charge is 2.39. The van der Waals surface area contributed by atoms with E-state index in [9.17, 15) is 9.90 Å². The number of aliphatic hydroxyl groups is 1. The van der Waals surface area contributed by atoms with Crippen LogP contribution >= 0.6 is 12.4 Å². The minimum atomic E-state index is -0.208. The summed E-state index contributed by atoms with van der Waals surface area (Å²) in [4.78, 5) is 21.8. The van der Waals surface area contributed by atoms with Crippen molar-refractivity contribution in [3.63, 3.8) is 0 Å². The number of piperidine rings is 1. The summed E-state index contributed by atoms with van der Waals surface area (Å²) < 4.78 is 0. The van der Waals surface area contributed by atoms with Crippen molar-refractivity contribution in [2.75, 3.05) is 13.1 Å². The van der Waals surface area contributed by atoms with E-state index in [2.05, 4.69) is 34.4 Å². The van der Waals surface area contributed by atoms with Gasteiger partial charge in [0.05, 0.1) is 6.10 Å². The van der Waals surface area contributed by atoms with Crippen LogP contribution in [0.1, 0.15) is 61.5 Å². The first-order chi connectivity index (χ1) is 12.4. The molecular formula is C20H33ClN4O2. The number of hydrogen-bond donors (Lipinski definition) is 3. The third kappa shape index (κ3) is 5.87. The molecule has 1 aliphatic heterocycles. The second kappa shape index (κ2) is 9.80. The van der Waals surface area contributed by atoms with Gasteiger partial charge in [0.1, 0.15) is 11.5 Å². The fourth-order valence-electron chi connectivity index (χ4n) is 4.24. The van der Waals surface area contributed by atoms with Crippen LogP contribution in [0.4, 0.5) is 0 Å². The van der Waals surface area contributed by atoms with E-state index in [0.29, 0.717) is 29.3 Å². The predicted octanol–water partition coefficient (Wildman–Crippen LogP) is 2.27.